The van der Waals surface area contributed by atoms with Crippen LogP contribution in [-0.2, 0) is 5.41 Å². The van der Waals surface area contributed by atoms with Gasteiger partial charge in [0.05, 0.1) is 0 Å². The van der Waals surface area contributed by atoms with Gasteiger partial charge in [0.2, 0.25) is 0 Å². The number of aromatic hydroxyl groups is 1. The van der Waals surface area contributed by atoms with E-state index in [1.165, 1.54) is 18.4 Å². The summed E-state index contributed by atoms with van der Waals surface area (Å²) in [5.74, 6) is 1.10. The minimum Gasteiger partial charge on any atom is -0.508 e. The molecule has 0 saturated carbocycles. The second-order valence-electron chi connectivity index (χ2n) is 5.36. The molecule has 0 heterocycles. The number of rotatable bonds is 4. The van der Waals surface area contributed by atoms with Gasteiger partial charge in [-0.25, -0.2) is 0 Å². The molecule has 0 aliphatic carbocycles. The van der Waals surface area contributed by atoms with E-state index in [-0.39, 0.29) is 5.41 Å². The van der Waals surface area contributed by atoms with Crippen LogP contribution in [0.4, 0.5) is 0 Å². The first kappa shape index (κ1) is 12.1. The first-order chi connectivity index (χ1) is 6.92. The Morgan fingerprint density at radius 2 is 1.67 bits per heavy atom. The maximum Gasteiger partial charge on any atom is 0.115 e. The average molecular weight is 206 g/mol. The molecule has 0 spiro atoms. The molecule has 1 heteroatoms. The Balaban J connectivity index is 2.72. The van der Waals surface area contributed by atoms with Crippen molar-refractivity contribution in [2.75, 3.05) is 0 Å². The maximum atomic E-state index is 9.24. The van der Waals surface area contributed by atoms with E-state index in [0.29, 0.717) is 5.75 Å². The summed E-state index contributed by atoms with van der Waals surface area (Å²) in [5, 5.41) is 9.24. The zero-order valence-corrected chi connectivity index (χ0v) is 10.2. The fourth-order valence-corrected chi connectivity index (χ4v) is 1.71. The van der Waals surface area contributed by atoms with Crippen molar-refractivity contribution >= 4 is 0 Å². The van der Waals surface area contributed by atoms with E-state index in [9.17, 15) is 5.11 Å². The number of benzene rings is 1. The Hall–Kier alpha value is -0.980. The van der Waals surface area contributed by atoms with Crippen LogP contribution < -0.4 is 0 Å². The van der Waals surface area contributed by atoms with Crippen LogP contribution in [0, 0.1) is 5.92 Å². The summed E-state index contributed by atoms with van der Waals surface area (Å²) < 4.78 is 0. The van der Waals surface area contributed by atoms with Crippen LogP contribution >= 0.6 is 0 Å². The van der Waals surface area contributed by atoms with Crippen molar-refractivity contribution in [3.05, 3.63) is 29.8 Å². The van der Waals surface area contributed by atoms with Crippen LogP contribution in [0.2, 0.25) is 0 Å². The molecule has 0 atom stereocenters. The van der Waals surface area contributed by atoms with Crippen molar-refractivity contribution in [2.45, 2.75) is 46.0 Å². The second-order valence-corrected chi connectivity index (χ2v) is 5.36. The van der Waals surface area contributed by atoms with Gasteiger partial charge in [-0.15, -0.1) is 0 Å². The highest BCUT2D eigenvalue weighted by Crippen LogP contribution is 2.30. The maximum absolute atomic E-state index is 9.24. The summed E-state index contributed by atoms with van der Waals surface area (Å²) in [6.07, 6.45) is 2.43. The summed E-state index contributed by atoms with van der Waals surface area (Å²) in [4.78, 5) is 0. The van der Waals surface area contributed by atoms with Crippen LogP contribution in [0.1, 0.15) is 46.1 Å². The van der Waals surface area contributed by atoms with Crippen molar-refractivity contribution in [3.8, 4) is 5.75 Å². The van der Waals surface area contributed by atoms with E-state index in [2.05, 4.69) is 27.7 Å². The molecule has 0 fully saturated rings. The average Bonchev–Trinajstić information content (AvgIpc) is 2.16. The molecule has 0 aromatic heterocycles. The van der Waals surface area contributed by atoms with Crippen LogP contribution in [0.3, 0.4) is 0 Å². The lowest BCUT2D eigenvalue weighted by atomic mass is 9.79. The zero-order chi connectivity index (χ0) is 11.5. The summed E-state index contributed by atoms with van der Waals surface area (Å²) in [6.45, 7) is 9.04. The van der Waals surface area contributed by atoms with Gasteiger partial charge < -0.3 is 5.11 Å². The molecular formula is C14H22O. The van der Waals surface area contributed by atoms with E-state index in [1.54, 1.807) is 12.1 Å². The van der Waals surface area contributed by atoms with Crippen molar-refractivity contribution in [2.24, 2.45) is 5.92 Å². The number of hydrogen-bond donors (Lipinski definition) is 1. The third kappa shape index (κ3) is 3.58. The minimum absolute atomic E-state index is 0.206. The van der Waals surface area contributed by atoms with Crippen LogP contribution in [-0.4, -0.2) is 5.11 Å². The van der Waals surface area contributed by atoms with Gasteiger partial charge in [-0.05, 0) is 35.4 Å². The standard InChI is InChI=1S/C14H22O/c1-11(2)9-10-14(3,4)12-5-7-13(15)8-6-12/h5-8,11,15H,9-10H2,1-4H3. The minimum atomic E-state index is 0.206. The van der Waals surface area contributed by atoms with Gasteiger partial charge in [-0.1, -0.05) is 46.2 Å². The first-order valence-electron chi connectivity index (χ1n) is 5.71. The lowest BCUT2D eigenvalue weighted by molar-refractivity contribution is 0.413. The van der Waals surface area contributed by atoms with E-state index >= 15 is 0 Å². The quantitative estimate of drug-likeness (QED) is 0.786. The molecule has 0 unspecified atom stereocenters. The number of phenolic OH excluding ortho intramolecular Hbond substituents is 1. The predicted octanol–water partition coefficient (Wildman–Crippen LogP) is 4.11. The van der Waals surface area contributed by atoms with Crippen molar-refractivity contribution in [3.63, 3.8) is 0 Å². The van der Waals surface area contributed by atoms with Crippen LogP contribution in [0.5, 0.6) is 5.75 Å². The number of hydrogen-bond acceptors (Lipinski definition) is 1. The van der Waals surface area contributed by atoms with Gasteiger partial charge in [0, 0.05) is 0 Å². The fourth-order valence-electron chi connectivity index (χ4n) is 1.71. The molecule has 0 aliphatic rings. The molecule has 15 heavy (non-hydrogen) atoms. The van der Waals surface area contributed by atoms with Crippen molar-refractivity contribution in [1.29, 1.82) is 0 Å². The molecular weight excluding hydrogens is 184 g/mol. The second kappa shape index (κ2) is 4.69. The highest BCUT2D eigenvalue weighted by atomic mass is 16.3. The molecule has 0 radical (unpaired) electrons. The van der Waals surface area contributed by atoms with E-state index in [4.69, 9.17) is 0 Å². The topological polar surface area (TPSA) is 20.2 Å². The summed E-state index contributed by atoms with van der Waals surface area (Å²) >= 11 is 0. The Morgan fingerprint density at radius 1 is 1.13 bits per heavy atom. The number of phenols is 1. The van der Waals surface area contributed by atoms with E-state index < -0.39 is 0 Å². The molecule has 0 aliphatic heterocycles. The van der Waals surface area contributed by atoms with Crippen molar-refractivity contribution in [1.82, 2.24) is 0 Å². The molecule has 1 aromatic carbocycles. The molecule has 1 N–H and O–H groups in total. The smallest absolute Gasteiger partial charge is 0.115 e. The van der Waals surface area contributed by atoms with Gasteiger partial charge in [0.15, 0.2) is 0 Å². The summed E-state index contributed by atoms with van der Waals surface area (Å²) in [5.41, 5.74) is 1.51. The fraction of sp³-hybridized carbons (Fsp3) is 0.571. The molecule has 0 bridgehead atoms. The highest BCUT2D eigenvalue weighted by molar-refractivity contribution is 5.30. The first-order valence-corrected chi connectivity index (χ1v) is 5.71. The lowest BCUT2D eigenvalue weighted by Gasteiger charge is -2.26. The van der Waals surface area contributed by atoms with Gasteiger partial charge in [-0.2, -0.15) is 0 Å². The van der Waals surface area contributed by atoms with Crippen LogP contribution in [0.25, 0.3) is 0 Å². The Morgan fingerprint density at radius 3 is 2.13 bits per heavy atom. The van der Waals surface area contributed by atoms with Crippen molar-refractivity contribution < 1.29 is 5.11 Å². The lowest BCUT2D eigenvalue weighted by Crippen LogP contribution is -2.17. The Kier molecular flexibility index (Phi) is 3.78. The molecule has 0 saturated heterocycles. The van der Waals surface area contributed by atoms with Gasteiger partial charge in [-0.3, -0.25) is 0 Å². The molecule has 84 valence electrons. The highest BCUT2D eigenvalue weighted by Gasteiger charge is 2.20. The van der Waals surface area contributed by atoms with Gasteiger partial charge in [0.1, 0.15) is 5.75 Å². The third-order valence-electron chi connectivity index (χ3n) is 3.00. The van der Waals surface area contributed by atoms with E-state index in [1.807, 2.05) is 12.1 Å². The van der Waals surface area contributed by atoms with Gasteiger partial charge >= 0.3 is 0 Å². The van der Waals surface area contributed by atoms with E-state index in [0.717, 1.165) is 5.92 Å². The SMILES string of the molecule is CC(C)CCC(C)(C)c1ccc(O)cc1. The zero-order valence-electron chi connectivity index (χ0n) is 10.2. The summed E-state index contributed by atoms with van der Waals surface area (Å²) in [6, 6.07) is 7.59. The molecule has 1 aromatic rings. The normalized spacial score (nSPS) is 12.1. The monoisotopic (exact) mass is 206 g/mol. The Labute approximate surface area is 93.1 Å². The molecule has 0 amide bonds. The Bertz CT molecular complexity index is 296. The molecule has 1 nitrogen and oxygen atoms in total. The van der Waals surface area contributed by atoms with Gasteiger partial charge in [0.25, 0.3) is 0 Å². The summed E-state index contributed by atoms with van der Waals surface area (Å²) in [7, 11) is 0. The predicted molar refractivity (Wildman–Crippen MR) is 65.2 cm³/mol. The third-order valence-corrected chi connectivity index (χ3v) is 3.00. The van der Waals surface area contributed by atoms with Crippen LogP contribution in [0.15, 0.2) is 24.3 Å². The molecule has 1 rings (SSSR count). The largest absolute Gasteiger partial charge is 0.508 e.